The van der Waals surface area contributed by atoms with Gasteiger partial charge >= 0.3 is 18.4 Å². The molecule has 2 heterocycles. The minimum absolute atomic E-state index is 0.0848. The summed E-state index contributed by atoms with van der Waals surface area (Å²) < 4.78 is 77.6. The summed E-state index contributed by atoms with van der Waals surface area (Å²) in [5, 5.41) is 0.802. The van der Waals surface area contributed by atoms with Crippen molar-refractivity contribution >= 4 is 29.4 Å². The molecule has 8 nitrogen and oxygen atoms in total. The lowest BCUT2D eigenvalue weighted by molar-refractivity contribution is -0.255. The highest BCUT2D eigenvalue weighted by Crippen LogP contribution is 2.36. The van der Waals surface area contributed by atoms with Crippen molar-refractivity contribution in [3.8, 4) is 0 Å². The molecular weight excluding hydrogens is 484 g/mol. The first-order valence-corrected chi connectivity index (χ1v) is 10.0. The largest absolute Gasteiger partial charge is 0.417 e. The number of pyridine rings is 1. The van der Waals surface area contributed by atoms with E-state index in [1.165, 1.54) is 37.5 Å². The van der Waals surface area contributed by atoms with Crippen molar-refractivity contribution in [2.75, 3.05) is 17.7 Å². The summed E-state index contributed by atoms with van der Waals surface area (Å²) in [5.74, 6) is -3.14. The molecule has 1 aliphatic rings. The maximum Gasteiger partial charge on any atom is 0.417 e. The molecule has 1 aliphatic heterocycles. The number of nitrogens with one attached hydrogen (secondary N) is 1. The number of rotatable bonds is 5. The first-order valence-electron chi connectivity index (χ1n) is 10.0. The van der Waals surface area contributed by atoms with Gasteiger partial charge in [0, 0.05) is 18.9 Å². The minimum Gasteiger partial charge on any atom is -0.384 e. The van der Waals surface area contributed by atoms with Crippen molar-refractivity contribution in [2.24, 2.45) is 5.92 Å². The lowest BCUT2D eigenvalue weighted by Crippen LogP contribution is -2.72. The predicted octanol–water partition coefficient (Wildman–Crippen LogP) is 2.90. The molecule has 3 N–H and O–H groups in total. The van der Waals surface area contributed by atoms with Gasteiger partial charge in [-0.1, -0.05) is 18.2 Å². The van der Waals surface area contributed by atoms with Crippen LogP contribution in [0.15, 0.2) is 48.7 Å². The van der Waals surface area contributed by atoms with Crippen molar-refractivity contribution in [3.05, 3.63) is 54.2 Å². The summed E-state index contributed by atoms with van der Waals surface area (Å²) >= 11 is 0. The third-order valence-corrected chi connectivity index (χ3v) is 5.38. The van der Waals surface area contributed by atoms with E-state index < -0.39 is 48.2 Å². The summed E-state index contributed by atoms with van der Waals surface area (Å²) in [6.07, 6.45) is -10.6. The number of carbonyl (C=O) groups is 3. The molecule has 0 saturated carbocycles. The fourth-order valence-corrected chi connectivity index (χ4v) is 3.65. The second-order valence-electron chi connectivity index (χ2n) is 7.75. The van der Waals surface area contributed by atoms with Crippen LogP contribution in [0.25, 0.3) is 0 Å². The second kappa shape index (κ2) is 9.43. The van der Waals surface area contributed by atoms with Crippen LogP contribution in [-0.4, -0.2) is 59.2 Å². The Morgan fingerprint density at radius 2 is 1.71 bits per heavy atom. The molecule has 35 heavy (non-hydrogen) atoms. The number of anilines is 2. The molecule has 2 atom stereocenters. The topological polar surface area (TPSA) is 109 Å². The summed E-state index contributed by atoms with van der Waals surface area (Å²) in [5.41, 5.74) is 6.36. The predicted molar refractivity (Wildman–Crippen MR) is 111 cm³/mol. The quantitative estimate of drug-likeness (QED) is 0.482. The number of aromatic nitrogens is 1. The number of alkyl halides is 6. The number of nitrogens with two attached hydrogens (primary N) is 1. The van der Waals surface area contributed by atoms with Gasteiger partial charge in [-0.2, -0.15) is 26.3 Å². The van der Waals surface area contributed by atoms with Gasteiger partial charge in [-0.25, -0.2) is 9.78 Å². The van der Waals surface area contributed by atoms with E-state index in [0.29, 0.717) is 11.3 Å². The van der Waals surface area contributed by atoms with Crippen LogP contribution < -0.4 is 16.0 Å². The smallest absolute Gasteiger partial charge is 0.384 e. The number of imide groups is 1. The minimum atomic E-state index is -5.88. The molecule has 14 heteroatoms. The number of nitrogen functional groups attached to an aromatic ring is 1. The molecule has 4 amide bonds. The molecular formula is C21H19F6N5O3. The van der Waals surface area contributed by atoms with E-state index >= 15 is 0 Å². The van der Waals surface area contributed by atoms with Crippen LogP contribution in [0.3, 0.4) is 0 Å². The number of likely N-dealkylation sites (tertiary alicyclic amines) is 1. The number of amides is 4. The Bertz CT molecular complexity index is 1090. The zero-order valence-electron chi connectivity index (χ0n) is 18.0. The summed E-state index contributed by atoms with van der Waals surface area (Å²) in [4.78, 5) is 43.3. The molecule has 1 aromatic carbocycles. The molecule has 1 aromatic heterocycles. The second-order valence-corrected chi connectivity index (χ2v) is 7.75. The fourth-order valence-electron chi connectivity index (χ4n) is 3.65. The maximum atomic E-state index is 13.2. The monoisotopic (exact) mass is 503 g/mol. The number of hydrogen-bond acceptors (Lipinski definition) is 5. The first-order chi connectivity index (χ1) is 16.2. The molecule has 0 spiro atoms. The van der Waals surface area contributed by atoms with E-state index in [0.717, 1.165) is 10.2 Å². The van der Waals surface area contributed by atoms with E-state index in [-0.39, 0.29) is 17.1 Å². The Morgan fingerprint density at radius 3 is 2.26 bits per heavy atom. The Balaban J connectivity index is 1.92. The SMILES string of the molecule is CN(C(=O)[C@@H]1[C@@H](Cc2ccnc(N)c2)C(=O)N1C(=O)NC(C(F)(F)F)C(F)(F)F)c1ccccc1. The highest BCUT2D eigenvalue weighted by molar-refractivity contribution is 6.12. The van der Waals surface area contributed by atoms with E-state index in [2.05, 4.69) is 4.98 Å². The van der Waals surface area contributed by atoms with Crippen molar-refractivity contribution in [3.63, 3.8) is 0 Å². The Morgan fingerprint density at radius 1 is 1.11 bits per heavy atom. The van der Waals surface area contributed by atoms with E-state index in [1.54, 1.807) is 18.2 Å². The van der Waals surface area contributed by atoms with Crippen LogP contribution in [0.2, 0.25) is 0 Å². The maximum absolute atomic E-state index is 13.2. The summed E-state index contributed by atoms with van der Waals surface area (Å²) in [6.45, 7) is 0. The van der Waals surface area contributed by atoms with Crippen molar-refractivity contribution in [2.45, 2.75) is 30.9 Å². The van der Waals surface area contributed by atoms with E-state index in [4.69, 9.17) is 5.73 Å². The molecule has 0 radical (unpaired) electrons. The number of likely N-dealkylation sites (N-methyl/N-ethyl adjacent to an activating group) is 1. The summed E-state index contributed by atoms with van der Waals surface area (Å²) in [6, 6.07) is 2.85. The number of nitrogens with zero attached hydrogens (tertiary/aromatic N) is 3. The van der Waals surface area contributed by atoms with E-state index in [9.17, 15) is 40.7 Å². The summed E-state index contributed by atoms with van der Waals surface area (Å²) in [7, 11) is 1.30. The van der Waals surface area contributed by atoms with Gasteiger partial charge in [0.05, 0.1) is 5.92 Å². The van der Waals surface area contributed by atoms with Crippen LogP contribution in [0.5, 0.6) is 0 Å². The van der Waals surface area contributed by atoms with Crippen molar-refractivity contribution in [1.82, 2.24) is 15.2 Å². The standard InChI is InChI=1S/C21H19F6N5O3/c1-31(12-5-3-2-4-6-12)17(34)15-13(9-11-7-8-29-14(28)10-11)16(33)32(15)19(35)30-18(20(22,23)24)21(25,26)27/h2-8,10,13,15,18H,9H2,1H3,(H2,28,29)(H,30,35)/t13-,15+/m1/s1. The Labute approximate surface area is 194 Å². The normalized spacial score (nSPS) is 18.3. The van der Waals surface area contributed by atoms with Gasteiger partial charge in [0.25, 0.3) is 5.91 Å². The molecule has 3 rings (SSSR count). The van der Waals surface area contributed by atoms with Crippen LogP contribution in [-0.2, 0) is 16.0 Å². The van der Waals surface area contributed by atoms with Crippen LogP contribution in [0.4, 0.5) is 42.6 Å². The number of urea groups is 1. The average molecular weight is 503 g/mol. The highest BCUT2D eigenvalue weighted by atomic mass is 19.4. The number of β-lactam (4-membered cyclic amide) rings is 1. The first kappa shape index (κ1) is 25.8. The molecule has 2 aromatic rings. The molecule has 1 fully saturated rings. The molecule has 0 bridgehead atoms. The third kappa shape index (κ3) is 5.46. The molecule has 1 saturated heterocycles. The number of para-hydroxylation sites is 1. The lowest BCUT2D eigenvalue weighted by atomic mass is 9.81. The number of hydrogen-bond donors (Lipinski definition) is 2. The zero-order chi connectivity index (χ0) is 26.1. The van der Waals surface area contributed by atoms with Crippen molar-refractivity contribution in [1.29, 1.82) is 0 Å². The van der Waals surface area contributed by atoms with E-state index in [1.807, 2.05) is 0 Å². The third-order valence-electron chi connectivity index (χ3n) is 5.38. The van der Waals surface area contributed by atoms with Gasteiger partial charge in [-0.3, -0.25) is 14.5 Å². The Kier molecular flexibility index (Phi) is 6.94. The fraction of sp³-hybridized carbons (Fsp3) is 0.333. The number of carbonyl (C=O) groups excluding carboxylic acids is 3. The average Bonchev–Trinajstić information content (AvgIpc) is 2.77. The van der Waals surface area contributed by atoms with Crippen LogP contribution >= 0.6 is 0 Å². The molecule has 188 valence electrons. The highest BCUT2D eigenvalue weighted by Gasteiger charge is 2.61. The molecule has 0 unspecified atom stereocenters. The number of benzene rings is 1. The number of halogens is 6. The van der Waals surface area contributed by atoms with Gasteiger partial charge in [-0.15, -0.1) is 0 Å². The van der Waals surface area contributed by atoms with Crippen LogP contribution in [0.1, 0.15) is 5.56 Å². The van der Waals surface area contributed by atoms with Crippen molar-refractivity contribution < 1.29 is 40.7 Å². The van der Waals surface area contributed by atoms with Gasteiger partial charge in [-0.05, 0) is 36.2 Å². The van der Waals surface area contributed by atoms with Gasteiger partial charge in [0.2, 0.25) is 11.9 Å². The zero-order valence-corrected chi connectivity index (χ0v) is 18.0. The van der Waals surface area contributed by atoms with Crippen LogP contribution in [0, 0.1) is 5.92 Å². The molecule has 0 aliphatic carbocycles. The van der Waals surface area contributed by atoms with Gasteiger partial charge in [0.1, 0.15) is 11.9 Å². The van der Waals surface area contributed by atoms with Gasteiger partial charge < -0.3 is 16.0 Å². The lowest BCUT2D eigenvalue weighted by Gasteiger charge is -2.46. The Hall–Kier alpha value is -3.84. The van der Waals surface area contributed by atoms with Gasteiger partial charge in [0.15, 0.2) is 0 Å².